The Morgan fingerprint density at radius 3 is 2.54 bits per heavy atom. The Morgan fingerprint density at radius 2 is 2.08 bits per heavy atom. The van der Waals surface area contributed by atoms with Crippen LogP contribution in [0.25, 0.3) is 0 Å². The summed E-state index contributed by atoms with van der Waals surface area (Å²) in [5.74, 6) is 0.990. The summed E-state index contributed by atoms with van der Waals surface area (Å²) in [4.78, 5) is 1.93. The molecule has 2 atom stereocenters. The quantitative estimate of drug-likeness (QED) is 0.670. The molecule has 13 heavy (non-hydrogen) atoms. The number of ether oxygens (including phenoxy) is 2. The molecule has 0 bridgehead atoms. The van der Waals surface area contributed by atoms with E-state index in [1.165, 1.54) is 0 Å². The zero-order chi connectivity index (χ0) is 9.84. The summed E-state index contributed by atoms with van der Waals surface area (Å²) in [5, 5.41) is 0. The van der Waals surface area contributed by atoms with Crippen molar-refractivity contribution in [2.75, 3.05) is 14.1 Å². The number of hydrogen-bond acceptors (Lipinski definition) is 3. The van der Waals surface area contributed by atoms with Gasteiger partial charge in [0.2, 0.25) is 0 Å². The molecule has 0 saturated carbocycles. The van der Waals surface area contributed by atoms with Crippen LogP contribution in [0.1, 0.15) is 26.7 Å². The first-order valence-electron chi connectivity index (χ1n) is 4.87. The van der Waals surface area contributed by atoms with Crippen LogP contribution in [-0.2, 0) is 9.47 Å². The van der Waals surface area contributed by atoms with Gasteiger partial charge in [-0.3, -0.25) is 4.90 Å². The Balaban J connectivity index is 2.61. The van der Waals surface area contributed by atoms with Crippen LogP contribution in [0.3, 0.4) is 0 Å². The lowest BCUT2D eigenvalue weighted by atomic mass is 10.2. The molecule has 1 saturated heterocycles. The summed E-state index contributed by atoms with van der Waals surface area (Å²) < 4.78 is 11.3. The SMILES string of the molecule is CC/C=C1/OC(N(C)C)OC1CC. The van der Waals surface area contributed by atoms with Gasteiger partial charge in [0.25, 0.3) is 6.41 Å². The van der Waals surface area contributed by atoms with E-state index in [1.807, 2.05) is 19.0 Å². The molecular weight excluding hydrogens is 166 g/mol. The van der Waals surface area contributed by atoms with Crippen molar-refractivity contribution in [3.8, 4) is 0 Å². The first kappa shape index (κ1) is 10.5. The van der Waals surface area contributed by atoms with Crippen molar-refractivity contribution in [3.63, 3.8) is 0 Å². The molecule has 1 aliphatic rings. The third kappa shape index (κ3) is 2.45. The smallest absolute Gasteiger partial charge is 0.262 e. The van der Waals surface area contributed by atoms with Gasteiger partial charge in [0, 0.05) is 0 Å². The second-order valence-corrected chi connectivity index (χ2v) is 3.44. The van der Waals surface area contributed by atoms with E-state index < -0.39 is 0 Å². The van der Waals surface area contributed by atoms with Gasteiger partial charge in [0.05, 0.1) is 0 Å². The van der Waals surface area contributed by atoms with E-state index in [4.69, 9.17) is 9.47 Å². The molecule has 1 fully saturated rings. The number of rotatable bonds is 3. The van der Waals surface area contributed by atoms with Crippen molar-refractivity contribution in [2.45, 2.75) is 39.2 Å². The van der Waals surface area contributed by atoms with E-state index >= 15 is 0 Å². The van der Waals surface area contributed by atoms with Crippen LogP contribution in [0, 0.1) is 0 Å². The van der Waals surface area contributed by atoms with Gasteiger partial charge in [-0.1, -0.05) is 13.8 Å². The summed E-state index contributed by atoms with van der Waals surface area (Å²) >= 11 is 0. The highest BCUT2D eigenvalue weighted by Gasteiger charge is 2.31. The van der Waals surface area contributed by atoms with Crippen molar-refractivity contribution in [3.05, 3.63) is 11.8 Å². The fourth-order valence-electron chi connectivity index (χ4n) is 1.33. The Bertz CT molecular complexity index is 189. The molecule has 0 N–H and O–H groups in total. The van der Waals surface area contributed by atoms with Crippen LogP contribution in [0.4, 0.5) is 0 Å². The van der Waals surface area contributed by atoms with Gasteiger partial charge in [-0.15, -0.1) is 0 Å². The van der Waals surface area contributed by atoms with Crippen LogP contribution in [-0.4, -0.2) is 31.5 Å². The maximum atomic E-state index is 5.67. The minimum Gasteiger partial charge on any atom is -0.453 e. The second-order valence-electron chi connectivity index (χ2n) is 3.44. The highest BCUT2D eigenvalue weighted by atomic mass is 16.7. The normalized spacial score (nSPS) is 31.3. The lowest BCUT2D eigenvalue weighted by molar-refractivity contribution is -0.138. The first-order valence-corrected chi connectivity index (χ1v) is 4.87. The second kappa shape index (κ2) is 4.63. The van der Waals surface area contributed by atoms with Gasteiger partial charge in [-0.05, 0) is 33.0 Å². The van der Waals surface area contributed by atoms with E-state index in [9.17, 15) is 0 Å². The summed E-state index contributed by atoms with van der Waals surface area (Å²) in [7, 11) is 3.90. The van der Waals surface area contributed by atoms with Gasteiger partial charge in [-0.2, -0.15) is 0 Å². The molecule has 2 unspecified atom stereocenters. The fourth-order valence-corrected chi connectivity index (χ4v) is 1.33. The average Bonchev–Trinajstić information content (AvgIpc) is 2.48. The van der Waals surface area contributed by atoms with E-state index in [-0.39, 0.29) is 12.5 Å². The van der Waals surface area contributed by atoms with Crippen LogP contribution >= 0.6 is 0 Å². The van der Waals surface area contributed by atoms with Crippen LogP contribution < -0.4 is 0 Å². The molecule has 3 heteroatoms. The minimum absolute atomic E-state index is 0.146. The molecule has 0 aromatic carbocycles. The molecule has 3 nitrogen and oxygen atoms in total. The van der Waals surface area contributed by atoms with E-state index in [0.717, 1.165) is 18.6 Å². The maximum absolute atomic E-state index is 5.67. The topological polar surface area (TPSA) is 21.7 Å². The maximum Gasteiger partial charge on any atom is 0.262 e. The van der Waals surface area contributed by atoms with Crippen LogP contribution in [0.5, 0.6) is 0 Å². The third-order valence-corrected chi connectivity index (χ3v) is 2.03. The summed E-state index contributed by atoms with van der Waals surface area (Å²) in [6, 6.07) is 0. The Hall–Kier alpha value is -0.540. The number of nitrogens with zero attached hydrogens (tertiary/aromatic N) is 1. The van der Waals surface area contributed by atoms with Gasteiger partial charge < -0.3 is 9.47 Å². The molecule has 0 spiro atoms. The van der Waals surface area contributed by atoms with Crippen LogP contribution in [0.2, 0.25) is 0 Å². The molecule has 0 amide bonds. The lowest BCUT2D eigenvalue weighted by Crippen LogP contribution is -2.28. The number of hydrogen-bond donors (Lipinski definition) is 0. The molecule has 1 rings (SSSR count). The van der Waals surface area contributed by atoms with E-state index in [1.54, 1.807) is 0 Å². The van der Waals surface area contributed by atoms with Gasteiger partial charge in [0.15, 0.2) is 0 Å². The van der Waals surface area contributed by atoms with Crippen molar-refractivity contribution >= 4 is 0 Å². The van der Waals surface area contributed by atoms with Crippen molar-refractivity contribution in [1.82, 2.24) is 4.90 Å². The molecule has 76 valence electrons. The number of allylic oxidation sites excluding steroid dienone is 1. The standard InChI is InChI=1S/C10H19NO2/c1-5-7-9-8(6-2)12-10(13-9)11(3)4/h7-8,10H,5-6H2,1-4H3/b9-7+. The van der Waals surface area contributed by atoms with E-state index in [2.05, 4.69) is 19.9 Å². The third-order valence-electron chi connectivity index (χ3n) is 2.03. The van der Waals surface area contributed by atoms with Crippen LogP contribution in [0.15, 0.2) is 11.8 Å². The summed E-state index contributed by atoms with van der Waals surface area (Å²) in [6.07, 6.45) is 4.00. The van der Waals surface area contributed by atoms with Gasteiger partial charge in [-0.25, -0.2) is 0 Å². The Morgan fingerprint density at radius 1 is 1.38 bits per heavy atom. The predicted octanol–water partition coefficient (Wildman–Crippen LogP) is 1.95. The highest BCUT2D eigenvalue weighted by molar-refractivity contribution is 5.03. The molecule has 0 aromatic rings. The van der Waals surface area contributed by atoms with Gasteiger partial charge >= 0.3 is 0 Å². The van der Waals surface area contributed by atoms with Crippen molar-refractivity contribution in [1.29, 1.82) is 0 Å². The molecule has 0 aromatic heterocycles. The fraction of sp³-hybridized carbons (Fsp3) is 0.800. The molecule has 0 radical (unpaired) electrons. The molecule has 1 heterocycles. The monoisotopic (exact) mass is 185 g/mol. The summed E-state index contributed by atoms with van der Waals surface area (Å²) in [5.41, 5.74) is 0. The highest BCUT2D eigenvalue weighted by Crippen LogP contribution is 2.26. The zero-order valence-electron chi connectivity index (χ0n) is 8.91. The lowest BCUT2D eigenvalue weighted by Gasteiger charge is -2.16. The van der Waals surface area contributed by atoms with Crippen molar-refractivity contribution < 1.29 is 9.47 Å². The first-order chi connectivity index (χ1) is 6.19. The minimum atomic E-state index is -0.206. The largest absolute Gasteiger partial charge is 0.453 e. The Kier molecular flexibility index (Phi) is 3.75. The predicted molar refractivity (Wildman–Crippen MR) is 52.1 cm³/mol. The molecular formula is C10H19NO2. The molecule has 0 aliphatic carbocycles. The molecule has 1 aliphatic heterocycles. The van der Waals surface area contributed by atoms with Gasteiger partial charge in [0.1, 0.15) is 11.9 Å². The average molecular weight is 185 g/mol. The zero-order valence-corrected chi connectivity index (χ0v) is 8.91. The summed E-state index contributed by atoms with van der Waals surface area (Å²) in [6.45, 7) is 4.21. The Labute approximate surface area is 80.3 Å². The van der Waals surface area contributed by atoms with E-state index in [0.29, 0.717) is 0 Å². The van der Waals surface area contributed by atoms with Crippen molar-refractivity contribution in [2.24, 2.45) is 0 Å².